The van der Waals surface area contributed by atoms with E-state index < -0.39 is 29.4 Å². The lowest BCUT2D eigenvalue weighted by Gasteiger charge is -2.34. The highest BCUT2D eigenvalue weighted by Gasteiger charge is 2.58. The molecule has 1 aromatic rings. The van der Waals surface area contributed by atoms with E-state index in [-0.39, 0.29) is 13.1 Å². The molecule has 1 amide bonds. The minimum Gasteiger partial charge on any atom is -0.444 e. The van der Waals surface area contributed by atoms with Crippen LogP contribution in [0.2, 0.25) is 0 Å². The van der Waals surface area contributed by atoms with E-state index in [1.54, 1.807) is 27.7 Å². The Balaban J connectivity index is 2.30. The van der Waals surface area contributed by atoms with Crippen molar-refractivity contribution in [2.24, 2.45) is 0 Å². The first-order chi connectivity index (χ1) is 10.1. The number of nitrogens with zero attached hydrogens (tertiary/aromatic N) is 1. The maximum absolute atomic E-state index is 15.3. The molecule has 2 atom stereocenters. The third-order valence-electron chi connectivity index (χ3n) is 4.25. The Hall–Kier alpha value is -1.62. The lowest BCUT2D eigenvalue weighted by molar-refractivity contribution is 0.0174. The van der Waals surface area contributed by atoms with Crippen molar-refractivity contribution in [3.63, 3.8) is 0 Å². The van der Waals surface area contributed by atoms with Gasteiger partial charge >= 0.3 is 6.09 Å². The van der Waals surface area contributed by atoms with E-state index in [4.69, 9.17) is 4.74 Å². The van der Waals surface area contributed by atoms with Gasteiger partial charge in [-0.1, -0.05) is 37.3 Å². The van der Waals surface area contributed by atoms with Crippen molar-refractivity contribution in [2.45, 2.75) is 44.4 Å². The number of alkyl halides is 1. The molecule has 122 valence electrons. The highest BCUT2D eigenvalue weighted by molar-refractivity contribution is 5.69. The topological polar surface area (TPSA) is 49.8 Å². The van der Waals surface area contributed by atoms with Gasteiger partial charge in [-0.15, -0.1) is 0 Å². The van der Waals surface area contributed by atoms with Crippen LogP contribution in [0.4, 0.5) is 9.18 Å². The predicted octanol–water partition coefficient (Wildman–Crippen LogP) is 2.90. The molecule has 22 heavy (non-hydrogen) atoms. The van der Waals surface area contributed by atoms with Gasteiger partial charge in [0, 0.05) is 12.0 Å². The van der Waals surface area contributed by atoms with Crippen molar-refractivity contribution in [3.8, 4) is 0 Å². The lowest BCUT2D eigenvalue weighted by Crippen LogP contribution is -2.48. The summed E-state index contributed by atoms with van der Waals surface area (Å²) in [5, 5.41) is 9.60. The molecule has 0 radical (unpaired) electrons. The normalized spacial score (nSPS) is 28.7. The first kappa shape index (κ1) is 16.7. The van der Waals surface area contributed by atoms with Crippen LogP contribution < -0.4 is 0 Å². The molecule has 1 N–H and O–H groups in total. The molecule has 0 spiro atoms. The molecule has 5 heteroatoms. The van der Waals surface area contributed by atoms with Crippen molar-refractivity contribution < 1.29 is 19.0 Å². The molecule has 0 bridgehead atoms. The SMILES string of the molecule is CC(C)(C)OC(=O)N1C[C@](F)(CO)[C@@](C)(c2ccccc2)C1. The van der Waals surface area contributed by atoms with E-state index in [2.05, 4.69) is 0 Å². The number of benzene rings is 1. The van der Waals surface area contributed by atoms with Crippen LogP contribution >= 0.6 is 0 Å². The molecule has 1 aliphatic heterocycles. The molecule has 1 fully saturated rings. The Bertz CT molecular complexity index is 543. The first-order valence-corrected chi connectivity index (χ1v) is 7.44. The molecule has 1 aliphatic rings. The van der Waals surface area contributed by atoms with Gasteiger partial charge in [-0.3, -0.25) is 0 Å². The van der Waals surface area contributed by atoms with Crippen LogP contribution in [0, 0.1) is 0 Å². The number of hydrogen-bond donors (Lipinski definition) is 1. The van der Waals surface area contributed by atoms with Crippen molar-refractivity contribution in [1.29, 1.82) is 0 Å². The number of amides is 1. The van der Waals surface area contributed by atoms with Gasteiger partial charge in [0.15, 0.2) is 5.67 Å². The zero-order chi connectivity index (χ0) is 16.6. The largest absolute Gasteiger partial charge is 0.444 e. The number of carbonyl (C=O) groups is 1. The van der Waals surface area contributed by atoms with Crippen LogP contribution in [0.5, 0.6) is 0 Å². The van der Waals surface area contributed by atoms with Crippen LogP contribution in [-0.4, -0.2) is 47.1 Å². The Morgan fingerprint density at radius 2 is 1.91 bits per heavy atom. The summed E-state index contributed by atoms with van der Waals surface area (Å²) in [5.41, 5.74) is -2.75. The van der Waals surface area contributed by atoms with Crippen molar-refractivity contribution in [1.82, 2.24) is 4.90 Å². The van der Waals surface area contributed by atoms with Crippen molar-refractivity contribution in [3.05, 3.63) is 35.9 Å². The fourth-order valence-electron chi connectivity index (χ4n) is 2.89. The molecule has 1 saturated heterocycles. The average Bonchev–Trinajstić information content (AvgIpc) is 2.72. The van der Waals surface area contributed by atoms with Gasteiger partial charge in [0.1, 0.15) is 5.60 Å². The number of aliphatic hydroxyl groups is 1. The number of aliphatic hydroxyl groups excluding tert-OH is 1. The van der Waals surface area contributed by atoms with E-state index in [9.17, 15) is 9.90 Å². The number of carbonyl (C=O) groups excluding carboxylic acids is 1. The van der Waals surface area contributed by atoms with Gasteiger partial charge in [0.05, 0.1) is 13.2 Å². The Morgan fingerprint density at radius 3 is 2.41 bits per heavy atom. The zero-order valence-corrected chi connectivity index (χ0v) is 13.6. The van der Waals surface area contributed by atoms with Crippen molar-refractivity contribution >= 4 is 6.09 Å². The van der Waals surface area contributed by atoms with Crippen LogP contribution in [0.3, 0.4) is 0 Å². The van der Waals surface area contributed by atoms with Gasteiger partial charge in [0.2, 0.25) is 0 Å². The molecule has 0 aliphatic carbocycles. The van der Waals surface area contributed by atoms with Crippen LogP contribution in [0.1, 0.15) is 33.3 Å². The predicted molar refractivity (Wildman–Crippen MR) is 82.5 cm³/mol. The lowest BCUT2D eigenvalue weighted by atomic mass is 9.72. The second kappa shape index (κ2) is 5.54. The van der Waals surface area contributed by atoms with Crippen LogP contribution in [0.15, 0.2) is 30.3 Å². The Morgan fingerprint density at radius 1 is 1.32 bits per heavy atom. The van der Waals surface area contributed by atoms with Gasteiger partial charge in [0.25, 0.3) is 0 Å². The van der Waals surface area contributed by atoms with Crippen LogP contribution in [0.25, 0.3) is 0 Å². The third-order valence-corrected chi connectivity index (χ3v) is 4.25. The summed E-state index contributed by atoms with van der Waals surface area (Å²) in [6, 6.07) is 9.15. The number of ether oxygens (including phenoxy) is 1. The molecule has 0 saturated carbocycles. The minimum atomic E-state index is -1.90. The molecule has 1 heterocycles. The molecular formula is C17H24FNO3. The van der Waals surface area contributed by atoms with Crippen LogP contribution in [-0.2, 0) is 10.2 Å². The van der Waals surface area contributed by atoms with E-state index in [1.165, 1.54) is 4.90 Å². The third kappa shape index (κ3) is 2.95. The monoisotopic (exact) mass is 309 g/mol. The zero-order valence-electron chi connectivity index (χ0n) is 13.6. The van der Waals surface area contributed by atoms with Gasteiger partial charge in [-0.2, -0.15) is 0 Å². The minimum absolute atomic E-state index is 0.170. The van der Waals surface area contributed by atoms with Crippen molar-refractivity contribution in [2.75, 3.05) is 19.7 Å². The molecule has 1 aromatic carbocycles. The maximum atomic E-state index is 15.3. The fourth-order valence-corrected chi connectivity index (χ4v) is 2.89. The second-order valence-electron chi connectivity index (χ2n) is 7.16. The maximum Gasteiger partial charge on any atom is 0.410 e. The fraction of sp³-hybridized carbons (Fsp3) is 0.588. The molecule has 4 nitrogen and oxygen atoms in total. The summed E-state index contributed by atoms with van der Waals surface area (Å²) >= 11 is 0. The number of likely N-dealkylation sites (tertiary alicyclic amines) is 1. The van der Waals surface area contributed by atoms with Gasteiger partial charge in [-0.05, 0) is 26.3 Å². The summed E-state index contributed by atoms with van der Waals surface area (Å²) in [4.78, 5) is 13.6. The van der Waals surface area contributed by atoms with Gasteiger partial charge < -0.3 is 14.7 Å². The molecule has 0 aromatic heterocycles. The smallest absolute Gasteiger partial charge is 0.410 e. The second-order valence-corrected chi connectivity index (χ2v) is 7.16. The van der Waals surface area contributed by atoms with E-state index >= 15 is 4.39 Å². The molecule has 0 unspecified atom stereocenters. The highest BCUT2D eigenvalue weighted by atomic mass is 19.1. The highest BCUT2D eigenvalue weighted by Crippen LogP contribution is 2.44. The standard InChI is InChI=1S/C17H24FNO3/c1-15(2,3)22-14(21)19-10-16(4,17(18,11-19)12-20)13-8-6-5-7-9-13/h5-9,20H,10-12H2,1-4H3/t16-,17+/m1/s1. The number of hydrogen-bond acceptors (Lipinski definition) is 3. The average molecular weight is 309 g/mol. The summed E-state index contributed by atoms with van der Waals surface area (Å²) in [7, 11) is 0. The Labute approximate surface area is 130 Å². The quantitative estimate of drug-likeness (QED) is 0.914. The summed E-state index contributed by atoms with van der Waals surface area (Å²) in [6.07, 6.45) is -0.553. The Kier molecular flexibility index (Phi) is 4.22. The molecular weight excluding hydrogens is 285 g/mol. The van der Waals surface area contributed by atoms with E-state index in [0.29, 0.717) is 0 Å². The first-order valence-electron chi connectivity index (χ1n) is 7.44. The summed E-state index contributed by atoms with van der Waals surface area (Å²) in [5.74, 6) is 0. The van der Waals surface area contributed by atoms with E-state index in [1.807, 2.05) is 30.3 Å². The number of halogens is 1. The van der Waals surface area contributed by atoms with E-state index in [0.717, 1.165) is 5.56 Å². The van der Waals surface area contributed by atoms with Gasteiger partial charge in [-0.25, -0.2) is 9.18 Å². The summed E-state index contributed by atoms with van der Waals surface area (Å²) in [6.45, 7) is 6.40. The number of rotatable bonds is 2. The summed E-state index contributed by atoms with van der Waals surface area (Å²) < 4.78 is 20.6. The molecule has 2 rings (SSSR count).